The van der Waals surface area contributed by atoms with Crippen LogP contribution >= 0.6 is 0 Å². The average molecular weight is 304 g/mol. The minimum absolute atomic E-state index is 0.254. The van der Waals surface area contributed by atoms with Crippen molar-refractivity contribution in [2.24, 2.45) is 0 Å². The summed E-state index contributed by atoms with van der Waals surface area (Å²) in [4.78, 5) is 23.4. The van der Waals surface area contributed by atoms with E-state index >= 15 is 0 Å². The third kappa shape index (κ3) is 5.68. The smallest absolute Gasteiger partial charge is 0.233 e. The number of hydrogen-bond donors (Lipinski definition) is 2. The molecule has 2 amide bonds. The zero-order valence-corrected chi connectivity index (χ0v) is 12.5. The molecule has 0 unspecified atom stereocenters. The number of halogens is 1. The normalized spacial score (nSPS) is 14.1. The lowest BCUT2D eigenvalue weighted by atomic mass is 9.97. The number of amides is 2. The Balaban J connectivity index is 1.67. The van der Waals surface area contributed by atoms with E-state index < -0.39 is 11.7 Å². The molecular weight excluding hydrogens is 283 g/mol. The summed E-state index contributed by atoms with van der Waals surface area (Å²) in [5, 5.41) is 5.25. The summed E-state index contributed by atoms with van der Waals surface area (Å²) in [5.41, 5.74) is 1.74. The van der Waals surface area contributed by atoms with Gasteiger partial charge in [0.2, 0.25) is 11.8 Å². The van der Waals surface area contributed by atoms with Crippen LogP contribution in [0.1, 0.15) is 38.5 Å². The van der Waals surface area contributed by atoms with Crippen LogP contribution in [0.5, 0.6) is 0 Å². The maximum absolute atomic E-state index is 13.0. The Bertz CT molecular complexity index is 570. The van der Waals surface area contributed by atoms with Crippen LogP contribution in [0.3, 0.4) is 0 Å². The molecule has 1 aliphatic rings. The highest BCUT2D eigenvalue weighted by Crippen LogP contribution is 2.19. The van der Waals surface area contributed by atoms with Crippen LogP contribution in [-0.2, 0) is 9.59 Å². The molecule has 5 heteroatoms. The number of carbonyl (C=O) groups excluding carboxylic acids is 2. The van der Waals surface area contributed by atoms with Crippen molar-refractivity contribution in [1.82, 2.24) is 5.32 Å². The fraction of sp³-hybridized carbons (Fsp3) is 0.412. The molecule has 0 bridgehead atoms. The molecule has 0 aliphatic heterocycles. The fourth-order valence-corrected chi connectivity index (χ4v) is 2.47. The van der Waals surface area contributed by atoms with Gasteiger partial charge in [0.25, 0.3) is 0 Å². The first-order chi connectivity index (χ1) is 10.6. The van der Waals surface area contributed by atoms with Gasteiger partial charge in [0, 0.05) is 12.2 Å². The third-order valence-corrected chi connectivity index (χ3v) is 3.58. The molecule has 0 saturated carbocycles. The van der Waals surface area contributed by atoms with E-state index in [1.165, 1.54) is 36.6 Å². The molecule has 0 heterocycles. The van der Waals surface area contributed by atoms with E-state index in [9.17, 15) is 14.0 Å². The van der Waals surface area contributed by atoms with Crippen LogP contribution in [0.25, 0.3) is 0 Å². The van der Waals surface area contributed by atoms with Gasteiger partial charge in [-0.15, -0.1) is 0 Å². The second-order valence-corrected chi connectivity index (χ2v) is 5.44. The summed E-state index contributed by atoms with van der Waals surface area (Å²) in [6, 6.07) is 5.59. The highest BCUT2D eigenvalue weighted by molar-refractivity contribution is 6.03. The molecule has 0 aromatic heterocycles. The van der Waals surface area contributed by atoms with Gasteiger partial charge in [0.1, 0.15) is 12.2 Å². The monoisotopic (exact) mass is 304 g/mol. The molecule has 4 nitrogen and oxygen atoms in total. The van der Waals surface area contributed by atoms with Crippen LogP contribution in [0.4, 0.5) is 10.1 Å². The molecule has 22 heavy (non-hydrogen) atoms. The number of benzene rings is 1. The second-order valence-electron chi connectivity index (χ2n) is 5.44. The number of nitrogens with one attached hydrogen (secondary N) is 2. The number of allylic oxidation sites excluding steroid dienone is 1. The lowest BCUT2D eigenvalue weighted by Crippen LogP contribution is -2.29. The summed E-state index contributed by atoms with van der Waals surface area (Å²) >= 11 is 0. The summed E-state index contributed by atoms with van der Waals surface area (Å²) in [5.74, 6) is -1.19. The van der Waals surface area contributed by atoms with Crippen LogP contribution in [0.15, 0.2) is 35.9 Å². The minimum Gasteiger partial charge on any atom is -0.355 e. The van der Waals surface area contributed by atoms with E-state index in [2.05, 4.69) is 16.7 Å². The Labute approximate surface area is 129 Å². The maximum atomic E-state index is 13.0. The van der Waals surface area contributed by atoms with E-state index in [4.69, 9.17) is 0 Å². The largest absolute Gasteiger partial charge is 0.355 e. The Morgan fingerprint density at radius 2 is 2.05 bits per heavy atom. The van der Waals surface area contributed by atoms with Crippen LogP contribution in [-0.4, -0.2) is 18.4 Å². The highest BCUT2D eigenvalue weighted by Gasteiger charge is 2.10. The van der Waals surface area contributed by atoms with Crippen LogP contribution in [0, 0.1) is 5.82 Å². The number of hydrogen-bond acceptors (Lipinski definition) is 2. The first-order valence-corrected chi connectivity index (χ1v) is 7.63. The molecule has 0 atom stereocenters. The first-order valence-electron chi connectivity index (χ1n) is 7.63. The van der Waals surface area contributed by atoms with Crippen molar-refractivity contribution < 1.29 is 14.0 Å². The van der Waals surface area contributed by atoms with E-state index in [0.29, 0.717) is 12.2 Å². The summed E-state index contributed by atoms with van der Waals surface area (Å²) < 4.78 is 13.0. The summed E-state index contributed by atoms with van der Waals surface area (Å²) in [6.07, 6.45) is 7.53. The first kappa shape index (κ1) is 16.2. The van der Waals surface area contributed by atoms with Crippen molar-refractivity contribution in [2.75, 3.05) is 11.9 Å². The van der Waals surface area contributed by atoms with Gasteiger partial charge in [0.15, 0.2) is 0 Å². The van der Waals surface area contributed by atoms with Crippen molar-refractivity contribution >= 4 is 17.5 Å². The second kappa shape index (κ2) is 8.32. The quantitative estimate of drug-likeness (QED) is 0.626. The van der Waals surface area contributed by atoms with Gasteiger partial charge in [-0.1, -0.05) is 17.7 Å². The van der Waals surface area contributed by atoms with Crippen molar-refractivity contribution in [3.8, 4) is 0 Å². The van der Waals surface area contributed by atoms with E-state index in [1.807, 2.05) is 0 Å². The van der Waals surface area contributed by atoms with Crippen LogP contribution in [0.2, 0.25) is 0 Å². The molecule has 0 radical (unpaired) electrons. The van der Waals surface area contributed by atoms with Gasteiger partial charge >= 0.3 is 0 Å². The van der Waals surface area contributed by atoms with Gasteiger partial charge in [-0.05, 0) is 50.3 Å². The zero-order chi connectivity index (χ0) is 15.8. The molecule has 1 aromatic carbocycles. The molecule has 2 rings (SSSR count). The van der Waals surface area contributed by atoms with Crippen molar-refractivity contribution in [3.05, 3.63) is 41.7 Å². The Kier molecular flexibility index (Phi) is 6.13. The molecule has 1 aromatic rings. The minimum atomic E-state index is -0.444. The van der Waals surface area contributed by atoms with Gasteiger partial charge in [-0.2, -0.15) is 0 Å². The highest BCUT2D eigenvalue weighted by atomic mass is 19.1. The number of anilines is 1. The van der Waals surface area contributed by atoms with Crippen molar-refractivity contribution in [3.63, 3.8) is 0 Å². The number of rotatable bonds is 6. The van der Waals surface area contributed by atoms with Crippen LogP contribution < -0.4 is 10.6 Å². The fourth-order valence-electron chi connectivity index (χ4n) is 2.47. The predicted octanol–water partition coefficient (Wildman–Crippen LogP) is 3.16. The van der Waals surface area contributed by atoms with E-state index in [1.54, 1.807) is 6.07 Å². The summed E-state index contributed by atoms with van der Waals surface area (Å²) in [7, 11) is 0. The Morgan fingerprint density at radius 3 is 2.77 bits per heavy atom. The van der Waals surface area contributed by atoms with Gasteiger partial charge in [-0.25, -0.2) is 4.39 Å². The average Bonchev–Trinajstić information content (AvgIpc) is 2.48. The van der Waals surface area contributed by atoms with E-state index in [0.717, 1.165) is 19.3 Å². The van der Waals surface area contributed by atoms with Gasteiger partial charge in [-0.3, -0.25) is 9.59 Å². The van der Waals surface area contributed by atoms with E-state index in [-0.39, 0.29) is 12.3 Å². The third-order valence-electron chi connectivity index (χ3n) is 3.58. The zero-order valence-electron chi connectivity index (χ0n) is 12.5. The Morgan fingerprint density at radius 1 is 1.18 bits per heavy atom. The topological polar surface area (TPSA) is 58.2 Å². The van der Waals surface area contributed by atoms with Gasteiger partial charge in [0.05, 0.1) is 0 Å². The summed E-state index contributed by atoms with van der Waals surface area (Å²) in [6.45, 7) is 0.553. The molecule has 0 saturated heterocycles. The SMILES string of the molecule is O=C(CC(=O)Nc1cccc(F)c1)NCCC1=CCCCC1. The lowest BCUT2D eigenvalue weighted by Gasteiger charge is -2.13. The molecule has 1 aliphatic carbocycles. The van der Waals surface area contributed by atoms with Crippen molar-refractivity contribution in [2.45, 2.75) is 38.5 Å². The maximum Gasteiger partial charge on any atom is 0.233 e. The molecular formula is C17H21FN2O2. The molecule has 118 valence electrons. The molecule has 2 N–H and O–H groups in total. The standard InChI is InChI=1S/C17H21FN2O2/c18-14-7-4-8-15(11-14)20-17(22)12-16(21)19-10-9-13-5-2-1-3-6-13/h4-5,7-8,11H,1-3,6,9-10,12H2,(H,19,21)(H,20,22). The number of carbonyl (C=O) groups is 2. The molecule has 0 fully saturated rings. The van der Waals surface area contributed by atoms with Gasteiger partial charge < -0.3 is 10.6 Å². The Hall–Kier alpha value is -2.17. The predicted molar refractivity (Wildman–Crippen MR) is 83.8 cm³/mol. The lowest BCUT2D eigenvalue weighted by molar-refractivity contribution is -0.126. The van der Waals surface area contributed by atoms with Crippen molar-refractivity contribution in [1.29, 1.82) is 0 Å². The molecule has 0 spiro atoms.